The molecule has 0 heterocycles. The Morgan fingerprint density at radius 3 is 2.25 bits per heavy atom. The van der Waals surface area contributed by atoms with Crippen molar-refractivity contribution >= 4 is 0 Å². The Hall–Kier alpha value is -2.00. The van der Waals surface area contributed by atoms with Gasteiger partial charge >= 0.3 is 0 Å². The van der Waals surface area contributed by atoms with Crippen LogP contribution >= 0.6 is 0 Å². The molecule has 2 rings (SSSR count). The van der Waals surface area contributed by atoms with Gasteiger partial charge in [-0.1, -0.05) is 30.3 Å². The first-order valence-corrected chi connectivity index (χ1v) is 6.84. The largest absolute Gasteiger partial charge is 0.493 e. The lowest BCUT2D eigenvalue weighted by Crippen LogP contribution is -2.05. The highest BCUT2D eigenvalue weighted by Crippen LogP contribution is 2.18. The van der Waals surface area contributed by atoms with Crippen LogP contribution in [0.1, 0.15) is 25.0 Å². The van der Waals surface area contributed by atoms with Gasteiger partial charge in [-0.3, -0.25) is 0 Å². The fourth-order valence-corrected chi connectivity index (χ4v) is 1.82. The Kier molecular flexibility index (Phi) is 5.44. The average Bonchev–Trinajstić information content (AvgIpc) is 2.48. The van der Waals surface area contributed by atoms with Crippen LogP contribution in [0.2, 0.25) is 0 Å². The zero-order chi connectivity index (χ0) is 14.2. The normalized spacial score (nSPS) is 11.9. The molecule has 0 saturated heterocycles. The van der Waals surface area contributed by atoms with Gasteiger partial charge in [0.15, 0.2) is 0 Å². The van der Waals surface area contributed by atoms with Gasteiger partial charge in [0.2, 0.25) is 0 Å². The third-order valence-corrected chi connectivity index (χ3v) is 2.91. The van der Waals surface area contributed by atoms with Crippen molar-refractivity contribution in [3.05, 3.63) is 60.2 Å². The topological polar surface area (TPSA) is 38.7 Å². The van der Waals surface area contributed by atoms with Crippen LogP contribution in [0.4, 0.5) is 0 Å². The van der Waals surface area contributed by atoms with Crippen molar-refractivity contribution < 1.29 is 14.6 Å². The Labute approximate surface area is 119 Å². The zero-order valence-electron chi connectivity index (χ0n) is 11.7. The minimum absolute atomic E-state index is 0.472. The molecule has 3 nitrogen and oxygen atoms in total. The monoisotopic (exact) mass is 272 g/mol. The van der Waals surface area contributed by atoms with Crippen LogP contribution in [-0.4, -0.2) is 18.3 Å². The molecule has 0 aliphatic rings. The summed E-state index contributed by atoms with van der Waals surface area (Å²) in [6, 6.07) is 17.3. The van der Waals surface area contributed by atoms with E-state index in [1.807, 2.05) is 54.6 Å². The lowest BCUT2D eigenvalue weighted by Gasteiger charge is -2.10. The van der Waals surface area contributed by atoms with Crippen LogP contribution in [0.5, 0.6) is 11.5 Å². The highest BCUT2D eigenvalue weighted by molar-refractivity contribution is 5.29. The molecule has 0 aliphatic carbocycles. The molecular weight excluding hydrogens is 252 g/mol. The van der Waals surface area contributed by atoms with E-state index in [0.717, 1.165) is 23.5 Å². The first-order valence-electron chi connectivity index (χ1n) is 6.84. The van der Waals surface area contributed by atoms with E-state index in [2.05, 4.69) is 0 Å². The smallest absolute Gasteiger partial charge is 0.119 e. The molecule has 1 atom stereocenters. The number of para-hydroxylation sites is 1. The first kappa shape index (κ1) is 14.4. The Balaban J connectivity index is 1.69. The molecule has 0 aromatic heterocycles. The summed E-state index contributed by atoms with van der Waals surface area (Å²) in [5, 5.41) is 9.51. The molecule has 0 bridgehead atoms. The van der Waals surface area contributed by atoms with Crippen LogP contribution in [0.25, 0.3) is 0 Å². The van der Waals surface area contributed by atoms with E-state index in [0.29, 0.717) is 13.2 Å². The molecule has 0 saturated carbocycles. The molecule has 20 heavy (non-hydrogen) atoms. The summed E-state index contributed by atoms with van der Waals surface area (Å²) in [4.78, 5) is 0. The summed E-state index contributed by atoms with van der Waals surface area (Å²) < 4.78 is 11.2. The van der Waals surface area contributed by atoms with Gasteiger partial charge < -0.3 is 14.6 Å². The molecule has 2 aromatic carbocycles. The minimum Gasteiger partial charge on any atom is -0.493 e. The number of aliphatic hydroxyl groups excluding tert-OH is 1. The molecule has 106 valence electrons. The number of aliphatic hydroxyl groups is 1. The van der Waals surface area contributed by atoms with E-state index < -0.39 is 6.10 Å². The zero-order valence-corrected chi connectivity index (χ0v) is 11.7. The highest BCUT2D eigenvalue weighted by Gasteiger charge is 2.02. The number of benzene rings is 2. The van der Waals surface area contributed by atoms with Crippen molar-refractivity contribution in [2.75, 3.05) is 13.2 Å². The molecule has 0 aliphatic heterocycles. The maximum Gasteiger partial charge on any atom is 0.119 e. The second-order valence-electron chi connectivity index (χ2n) is 4.61. The van der Waals surface area contributed by atoms with E-state index in [4.69, 9.17) is 9.47 Å². The molecule has 0 unspecified atom stereocenters. The van der Waals surface area contributed by atoms with Gasteiger partial charge in [-0.25, -0.2) is 0 Å². The van der Waals surface area contributed by atoms with E-state index in [1.165, 1.54) is 0 Å². The fourth-order valence-electron chi connectivity index (χ4n) is 1.82. The van der Waals surface area contributed by atoms with Gasteiger partial charge in [0.25, 0.3) is 0 Å². The third-order valence-electron chi connectivity index (χ3n) is 2.91. The first-order chi connectivity index (χ1) is 9.75. The van der Waals surface area contributed by atoms with E-state index in [1.54, 1.807) is 6.92 Å². The predicted octanol–water partition coefficient (Wildman–Crippen LogP) is 3.59. The summed E-state index contributed by atoms with van der Waals surface area (Å²) in [6.45, 7) is 2.96. The number of ether oxygens (including phenoxy) is 2. The van der Waals surface area contributed by atoms with Gasteiger partial charge in [-0.2, -0.15) is 0 Å². The second-order valence-corrected chi connectivity index (χ2v) is 4.61. The highest BCUT2D eigenvalue weighted by atomic mass is 16.5. The summed E-state index contributed by atoms with van der Waals surface area (Å²) >= 11 is 0. The van der Waals surface area contributed by atoms with Crippen molar-refractivity contribution in [2.24, 2.45) is 0 Å². The second kappa shape index (κ2) is 7.56. The Morgan fingerprint density at radius 2 is 1.55 bits per heavy atom. The van der Waals surface area contributed by atoms with Crippen molar-refractivity contribution in [1.82, 2.24) is 0 Å². The number of hydrogen-bond acceptors (Lipinski definition) is 3. The molecule has 0 spiro atoms. The Bertz CT molecular complexity index is 509. The maximum absolute atomic E-state index is 9.51. The van der Waals surface area contributed by atoms with Crippen LogP contribution < -0.4 is 9.47 Å². The van der Waals surface area contributed by atoms with Gasteiger partial charge in [0.05, 0.1) is 19.3 Å². The minimum atomic E-state index is -0.472. The van der Waals surface area contributed by atoms with Crippen LogP contribution in [0.15, 0.2) is 54.6 Å². The van der Waals surface area contributed by atoms with Crippen molar-refractivity contribution in [1.29, 1.82) is 0 Å². The SMILES string of the molecule is C[C@H](O)c1cccc(OCCCOc2ccccc2)c1. The Morgan fingerprint density at radius 1 is 0.900 bits per heavy atom. The van der Waals surface area contributed by atoms with Crippen molar-refractivity contribution in [3.63, 3.8) is 0 Å². The molecular formula is C17H20O3. The number of hydrogen-bond donors (Lipinski definition) is 1. The molecule has 0 amide bonds. The summed E-state index contributed by atoms with van der Waals surface area (Å²) in [5.41, 5.74) is 0.864. The third kappa shape index (κ3) is 4.59. The van der Waals surface area contributed by atoms with Gasteiger partial charge in [-0.15, -0.1) is 0 Å². The van der Waals surface area contributed by atoms with Gasteiger partial charge in [-0.05, 0) is 36.8 Å². The van der Waals surface area contributed by atoms with E-state index >= 15 is 0 Å². The molecule has 3 heteroatoms. The quantitative estimate of drug-likeness (QED) is 0.783. The van der Waals surface area contributed by atoms with Crippen LogP contribution in [0.3, 0.4) is 0 Å². The molecule has 0 fully saturated rings. The fraction of sp³-hybridized carbons (Fsp3) is 0.294. The molecule has 1 N–H and O–H groups in total. The predicted molar refractivity (Wildman–Crippen MR) is 79.1 cm³/mol. The van der Waals surface area contributed by atoms with Gasteiger partial charge in [0, 0.05) is 6.42 Å². The van der Waals surface area contributed by atoms with Crippen molar-refractivity contribution in [3.8, 4) is 11.5 Å². The number of rotatable bonds is 7. The van der Waals surface area contributed by atoms with Crippen LogP contribution in [-0.2, 0) is 0 Å². The average molecular weight is 272 g/mol. The van der Waals surface area contributed by atoms with Gasteiger partial charge in [0.1, 0.15) is 11.5 Å². The summed E-state index contributed by atoms with van der Waals surface area (Å²) in [7, 11) is 0. The standard InChI is InChI=1S/C17H20O3/c1-14(18)15-7-5-10-17(13-15)20-12-6-11-19-16-8-3-2-4-9-16/h2-5,7-10,13-14,18H,6,11-12H2,1H3/t14-/m0/s1. The summed E-state index contributed by atoms with van der Waals surface area (Å²) in [6.07, 6.45) is 0.341. The molecule has 0 radical (unpaired) electrons. The molecule has 2 aromatic rings. The van der Waals surface area contributed by atoms with Crippen LogP contribution in [0, 0.1) is 0 Å². The maximum atomic E-state index is 9.51. The lowest BCUT2D eigenvalue weighted by atomic mass is 10.1. The van der Waals surface area contributed by atoms with E-state index in [9.17, 15) is 5.11 Å². The summed E-state index contributed by atoms with van der Waals surface area (Å²) in [5.74, 6) is 1.66. The van der Waals surface area contributed by atoms with Crippen molar-refractivity contribution in [2.45, 2.75) is 19.4 Å². The lowest BCUT2D eigenvalue weighted by molar-refractivity contribution is 0.198. The van der Waals surface area contributed by atoms with E-state index in [-0.39, 0.29) is 0 Å².